The van der Waals surface area contributed by atoms with E-state index in [2.05, 4.69) is 17.0 Å². The Hall–Kier alpha value is -2.02. The number of aliphatic carboxylic acids is 1. The monoisotopic (exact) mass is 286 g/mol. The van der Waals surface area contributed by atoms with Crippen molar-refractivity contribution in [3.63, 3.8) is 0 Å². The van der Waals surface area contributed by atoms with Crippen molar-refractivity contribution in [3.8, 4) is 6.07 Å². The zero-order valence-electron chi connectivity index (χ0n) is 12.7. The summed E-state index contributed by atoms with van der Waals surface area (Å²) in [6, 6.07) is 10.3. The van der Waals surface area contributed by atoms with Crippen LogP contribution in [0.1, 0.15) is 32.3 Å². The maximum absolute atomic E-state index is 11.3. The number of carboxylic acids is 1. The van der Waals surface area contributed by atoms with Crippen molar-refractivity contribution in [2.24, 2.45) is 11.3 Å². The number of rotatable bonds is 5. The Bertz CT molecular complexity index is 560. The third-order valence-corrected chi connectivity index (χ3v) is 4.12. The predicted octanol–water partition coefficient (Wildman–Crippen LogP) is 3.08. The first-order valence-electron chi connectivity index (χ1n) is 7.40. The molecule has 1 atom stereocenters. The summed E-state index contributed by atoms with van der Waals surface area (Å²) in [7, 11) is 0. The van der Waals surface area contributed by atoms with E-state index in [0.29, 0.717) is 13.0 Å². The van der Waals surface area contributed by atoms with Gasteiger partial charge in [-0.05, 0) is 44.7 Å². The number of carbonyl (C=O) groups is 1. The minimum atomic E-state index is -0.730. The Morgan fingerprint density at radius 2 is 2.19 bits per heavy atom. The van der Waals surface area contributed by atoms with Gasteiger partial charge in [0.2, 0.25) is 0 Å². The van der Waals surface area contributed by atoms with Crippen LogP contribution in [-0.2, 0) is 11.2 Å². The first-order valence-corrected chi connectivity index (χ1v) is 7.40. The number of hydrogen-bond acceptors (Lipinski definition) is 3. The zero-order valence-corrected chi connectivity index (χ0v) is 12.7. The lowest BCUT2D eigenvalue weighted by Crippen LogP contribution is -2.39. The second-order valence-corrected chi connectivity index (χ2v) is 6.41. The van der Waals surface area contributed by atoms with Crippen molar-refractivity contribution in [3.05, 3.63) is 29.8 Å². The molecule has 2 rings (SSSR count). The number of hydrogen-bond donors (Lipinski definition) is 1. The molecule has 0 aliphatic carbocycles. The summed E-state index contributed by atoms with van der Waals surface area (Å²) >= 11 is 0. The number of fused-ring (bicyclic) bond motifs is 1. The van der Waals surface area contributed by atoms with Gasteiger partial charge in [0, 0.05) is 18.8 Å². The Kier molecular flexibility index (Phi) is 4.52. The summed E-state index contributed by atoms with van der Waals surface area (Å²) in [5, 5.41) is 18.4. The zero-order chi connectivity index (χ0) is 15.5. The van der Waals surface area contributed by atoms with Gasteiger partial charge in [0.05, 0.1) is 17.4 Å². The molecule has 4 heteroatoms. The number of nitrogens with zero attached hydrogens (tertiary/aromatic N) is 2. The van der Waals surface area contributed by atoms with Gasteiger partial charge in [0.25, 0.3) is 0 Å². The molecule has 0 bridgehead atoms. The first kappa shape index (κ1) is 15.4. The first-order chi connectivity index (χ1) is 9.93. The van der Waals surface area contributed by atoms with Crippen LogP contribution in [0.3, 0.4) is 0 Å². The molecule has 1 aliphatic rings. The number of nitriles is 1. The molecular weight excluding hydrogens is 264 g/mol. The van der Waals surface area contributed by atoms with E-state index in [4.69, 9.17) is 5.26 Å². The van der Waals surface area contributed by atoms with Crippen LogP contribution in [0.5, 0.6) is 0 Å². The van der Waals surface area contributed by atoms with Crippen molar-refractivity contribution in [2.45, 2.75) is 33.1 Å². The maximum atomic E-state index is 11.3. The van der Waals surface area contributed by atoms with Crippen molar-refractivity contribution in [2.75, 3.05) is 18.0 Å². The highest BCUT2D eigenvalue weighted by molar-refractivity contribution is 5.73. The van der Waals surface area contributed by atoms with Gasteiger partial charge >= 0.3 is 5.97 Å². The van der Waals surface area contributed by atoms with Crippen LogP contribution in [0.2, 0.25) is 0 Å². The number of para-hydroxylation sites is 1. The Morgan fingerprint density at radius 1 is 1.48 bits per heavy atom. The molecule has 21 heavy (non-hydrogen) atoms. The lowest BCUT2D eigenvalue weighted by molar-refractivity contribution is -0.141. The van der Waals surface area contributed by atoms with Crippen molar-refractivity contribution >= 4 is 11.7 Å². The SMILES string of the molecule is CC(C)(C#N)CCCN1CC(C(=O)O)Cc2ccccc21. The molecule has 0 saturated carbocycles. The van der Waals surface area contributed by atoms with Gasteiger partial charge < -0.3 is 10.0 Å². The van der Waals surface area contributed by atoms with E-state index in [-0.39, 0.29) is 11.3 Å². The van der Waals surface area contributed by atoms with Gasteiger partial charge in [0.1, 0.15) is 0 Å². The highest BCUT2D eigenvalue weighted by Gasteiger charge is 2.28. The molecule has 112 valence electrons. The summed E-state index contributed by atoms with van der Waals surface area (Å²) in [5.41, 5.74) is 1.93. The van der Waals surface area contributed by atoms with Crippen LogP contribution < -0.4 is 4.90 Å². The lowest BCUT2D eigenvalue weighted by atomic mass is 9.89. The van der Waals surface area contributed by atoms with Gasteiger partial charge in [-0.1, -0.05) is 18.2 Å². The molecule has 0 spiro atoms. The second kappa shape index (κ2) is 6.17. The molecular formula is C17H22N2O2. The van der Waals surface area contributed by atoms with Crippen molar-refractivity contribution in [1.82, 2.24) is 0 Å². The largest absolute Gasteiger partial charge is 0.481 e. The van der Waals surface area contributed by atoms with E-state index in [1.54, 1.807) is 0 Å². The van der Waals surface area contributed by atoms with E-state index >= 15 is 0 Å². The minimum absolute atomic E-state index is 0.318. The highest BCUT2D eigenvalue weighted by Crippen LogP contribution is 2.30. The van der Waals surface area contributed by atoms with Gasteiger partial charge in [-0.25, -0.2) is 0 Å². The molecule has 1 aromatic rings. The van der Waals surface area contributed by atoms with Gasteiger partial charge in [-0.3, -0.25) is 4.79 Å². The lowest BCUT2D eigenvalue weighted by Gasteiger charge is -2.35. The normalized spacial score (nSPS) is 18.0. The van der Waals surface area contributed by atoms with E-state index in [1.807, 2.05) is 32.0 Å². The fourth-order valence-corrected chi connectivity index (χ4v) is 2.83. The van der Waals surface area contributed by atoms with E-state index in [1.165, 1.54) is 0 Å². The van der Waals surface area contributed by atoms with Crippen molar-refractivity contribution in [1.29, 1.82) is 5.26 Å². The Balaban J connectivity index is 2.08. The standard InChI is InChI=1S/C17H22N2O2/c1-17(2,12-18)8-5-9-19-11-14(16(20)21)10-13-6-3-4-7-15(13)19/h3-4,6-7,14H,5,8-11H2,1-2H3,(H,20,21). The predicted molar refractivity (Wildman–Crippen MR) is 82.1 cm³/mol. The number of anilines is 1. The highest BCUT2D eigenvalue weighted by atomic mass is 16.4. The topological polar surface area (TPSA) is 64.3 Å². The van der Waals surface area contributed by atoms with Crippen molar-refractivity contribution < 1.29 is 9.90 Å². The molecule has 1 N–H and O–H groups in total. The van der Waals surface area contributed by atoms with Crippen LogP contribution in [0.4, 0.5) is 5.69 Å². The summed E-state index contributed by atoms with van der Waals surface area (Å²) < 4.78 is 0. The number of carboxylic acid groups (broad SMARTS) is 1. The smallest absolute Gasteiger partial charge is 0.308 e. The fourth-order valence-electron chi connectivity index (χ4n) is 2.83. The molecule has 0 amide bonds. The van der Waals surface area contributed by atoms with Crippen LogP contribution in [-0.4, -0.2) is 24.2 Å². The molecule has 1 unspecified atom stereocenters. The molecule has 4 nitrogen and oxygen atoms in total. The maximum Gasteiger partial charge on any atom is 0.308 e. The van der Waals surface area contributed by atoms with Crippen LogP contribution in [0.25, 0.3) is 0 Å². The summed E-state index contributed by atoms with van der Waals surface area (Å²) in [4.78, 5) is 13.5. The third-order valence-electron chi connectivity index (χ3n) is 4.12. The van der Waals surface area contributed by atoms with E-state index < -0.39 is 5.97 Å². The molecule has 1 aromatic carbocycles. The van der Waals surface area contributed by atoms with Gasteiger partial charge in [0.15, 0.2) is 0 Å². The summed E-state index contributed by atoms with van der Waals surface area (Å²) in [5.74, 6) is -1.07. The molecule has 0 saturated heterocycles. The third kappa shape index (κ3) is 3.75. The summed E-state index contributed by atoms with van der Waals surface area (Å²) in [6.45, 7) is 5.24. The summed E-state index contributed by atoms with van der Waals surface area (Å²) in [6.07, 6.45) is 2.31. The Labute approximate surface area is 126 Å². The molecule has 1 aliphatic heterocycles. The molecule has 1 heterocycles. The van der Waals surface area contributed by atoms with Crippen LogP contribution in [0, 0.1) is 22.7 Å². The molecule has 0 fully saturated rings. The minimum Gasteiger partial charge on any atom is -0.481 e. The average Bonchev–Trinajstić information content (AvgIpc) is 2.46. The molecule has 0 aromatic heterocycles. The quantitative estimate of drug-likeness (QED) is 0.903. The van der Waals surface area contributed by atoms with Gasteiger partial charge in [-0.15, -0.1) is 0 Å². The van der Waals surface area contributed by atoms with Crippen LogP contribution >= 0.6 is 0 Å². The van der Waals surface area contributed by atoms with Gasteiger partial charge in [-0.2, -0.15) is 5.26 Å². The average molecular weight is 286 g/mol. The van der Waals surface area contributed by atoms with E-state index in [9.17, 15) is 9.90 Å². The fraction of sp³-hybridized carbons (Fsp3) is 0.529. The van der Waals surface area contributed by atoms with Crippen LogP contribution in [0.15, 0.2) is 24.3 Å². The second-order valence-electron chi connectivity index (χ2n) is 6.41. The molecule has 0 radical (unpaired) electrons. The Morgan fingerprint density at radius 3 is 2.86 bits per heavy atom. The van der Waals surface area contributed by atoms with E-state index in [0.717, 1.165) is 30.6 Å². The number of benzene rings is 1.